The number of hydrogen-bond donors (Lipinski definition) is 0. The van der Waals surface area contributed by atoms with Gasteiger partial charge in [-0.2, -0.15) is 0 Å². The molecule has 1 saturated heterocycles. The second kappa shape index (κ2) is 6.11. The number of benzene rings is 1. The van der Waals surface area contributed by atoms with Crippen LogP contribution in [0.2, 0.25) is 0 Å². The Balaban J connectivity index is 1.81. The maximum atomic E-state index is 12.7. The van der Waals surface area contributed by atoms with Crippen LogP contribution in [0.25, 0.3) is 0 Å². The molecule has 0 atom stereocenters. The van der Waals surface area contributed by atoms with Crippen molar-refractivity contribution in [1.29, 1.82) is 0 Å². The van der Waals surface area contributed by atoms with Gasteiger partial charge in [0.1, 0.15) is 0 Å². The van der Waals surface area contributed by atoms with E-state index in [1.165, 1.54) is 5.56 Å². The molecule has 2 amide bonds. The van der Waals surface area contributed by atoms with Crippen LogP contribution in [0.5, 0.6) is 0 Å². The predicted molar refractivity (Wildman–Crippen MR) is 87.1 cm³/mol. The molecule has 2 aliphatic heterocycles. The lowest BCUT2D eigenvalue weighted by molar-refractivity contribution is -0.118. The van der Waals surface area contributed by atoms with Crippen LogP contribution in [0, 0.1) is 5.92 Å². The van der Waals surface area contributed by atoms with Gasteiger partial charge in [0, 0.05) is 37.3 Å². The van der Waals surface area contributed by atoms with Gasteiger partial charge in [-0.05, 0) is 42.9 Å². The number of piperidine rings is 1. The van der Waals surface area contributed by atoms with E-state index >= 15 is 0 Å². The van der Waals surface area contributed by atoms with Crippen molar-refractivity contribution in [3.63, 3.8) is 0 Å². The van der Waals surface area contributed by atoms with E-state index in [-0.39, 0.29) is 11.8 Å². The highest BCUT2D eigenvalue weighted by Crippen LogP contribution is 2.30. The van der Waals surface area contributed by atoms with Gasteiger partial charge in [-0.15, -0.1) is 0 Å². The normalized spacial score (nSPS) is 18.5. The first-order chi connectivity index (χ1) is 10.6. The van der Waals surface area contributed by atoms with E-state index < -0.39 is 0 Å². The molecule has 0 bridgehead atoms. The maximum absolute atomic E-state index is 12.7. The Hall–Kier alpha value is -1.84. The van der Waals surface area contributed by atoms with Gasteiger partial charge in [-0.1, -0.05) is 19.9 Å². The lowest BCUT2D eigenvalue weighted by atomic mass is 9.98. The third kappa shape index (κ3) is 2.74. The summed E-state index contributed by atoms with van der Waals surface area (Å²) in [5.74, 6) is 0.947. The van der Waals surface area contributed by atoms with Crippen LogP contribution in [-0.4, -0.2) is 36.3 Å². The molecule has 0 unspecified atom stereocenters. The summed E-state index contributed by atoms with van der Waals surface area (Å²) in [6.07, 6.45) is 3.55. The highest BCUT2D eigenvalue weighted by Gasteiger charge is 2.26. The summed E-state index contributed by atoms with van der Waals surface area (Å²) in [6.45, 7) is 6.54. The lowest BCUT2D eigenvalue weighted by Gasteiger charge is -2.30. The highest BCUT2D eigenvalue weighted by atomic mass is 16.2. The minimum Gasteiger partial charge on any atom is -0.339 e. The van der Waals surface area contributed by atoms with Crippen molar-refractivity contribution in [1.82, 2.24) is 4.90 Å². The first kappa shape index (κ1) is 15.1. The van der Waals surface area contributed by atoms with Gasteiger partial charge in [-0.3, -0.25) is 9.59 Å². The third-order valence-corrected chi connectivity index (χ3v) is 4.90. The molecule has 1 aromatic rings. The quantitative estimate of drug-likeness (QED) is 0.842. The van der Waals surface area contributed by atoms with Crippen molar-refractivity contribution in [3.8, 4) is 0 Å². The van der Waals surface area contributed by atoms with Gasteiger partial charge in [0.05, 0.1) is 0 Å². The summed E-state index contributed by atoms with van der Waals surface area (Å²) in [4.78, 5) is 28.5. The molecule has 0 aromatic heterocycles. The summed E-state index contributed by atoms with van der Waals surface area (Å²) in [6, 6.07) is 5.84. The van der Waals surface area contributed by atoms with Crippen molar-refractivity contribution >= 4 is 17.5 Å². The Morgan fingerprint density at radius 2 is 1.91 bits per heavy atom. The van der Waals surface area contributed by atoms with Crippen LogP contribution in [0.1, 0.15) is 49.0 Å². The Morgan fingerprint density at radius 1 is 1.18 bits per heavy atom. The minimum absolute atomic E-state index is 0.102. The molecule has 2 aliphatic rings. The monoisotopic (exact) mass is 300 g/mol. The molecule has 118 valence electrons. The molecule has 0 N–H and O–H groups in total. The summed E-state index contributed by atoms with van der Waals surface area (Å²) in [5, 5.41) is 0. The number of hydrogen-bond acceptors (Lipinski definition) is 2. The van der Waals surface area contributed by atoms with E-state index in [1.807, 2.05) is 34.9 Å². The molecule has 1 aromatic carbocycles. The number of anilines is 1. The first-order valence-electron chi connectivity index (χ1n) is 8.32. The van der Waals surface area contributed by atoms with Crippen LogP contribution in [0.3, 0.4) is 0 Å². The number of carbonyl (C=O) groups is 2. The average Bonchev–Trinajstić information content (AvgIpc) is 2.97. The highest BCUT2D eigenvalue weighted by molar-refractivity contribution is 5.99. The van der Waals surface area contributed by atoms with Crippen molar-refractivity contribution in [2.24, 2.45) is 5.92 Å². The topological polar surface area (TPSA) is 40.6 Å². The fraction of sp³-hybridized carbons (Fsp3) is 0.556. The molecule has 0 spiro atoms. The van der Waals surface area contributed by atoms with Gasteiger partial charge in [0.15, 0.2) is 0 Å². The SMILES string of the molecule is CCC(=O)N1CCc2ccc(C(=O)N3CCC(C)CC3)cc21. The number of amides is 2. The van der Waals surface area contributed by atoms with Gasteiger partial charge in [0.25, 0.3) is 5.91 Å². The number of carbonyl (C=O) groups excluding carboxylic acids is 2. The van der Waals surface area contributed by atoms with Crippen LogP contribution in [0.4, 0.5) is 5.69 Å². The van der Waals surface area contributed by atoms with E-state index in [1.54, 1.807) is 0 Å². The molecular formula is C18H24N2O2. The summed E-state index contributed by atoms with van der Waals surface area (Å²) in [5.41, 5.74) is 2.82. The lowest BCUT2D eigenvalue weighted by Crippen LogP contribution is -2.38. The van der Waals surface area contributed by atoms with E-state index in [2.05, 4.69) is 6.92 Å². The molecule has 4 nitrogen and oxygen atoms in total. The smallest absolute Gasteiger partial charge is 0.253 e. The van der Waals surface area contributed by atoms with Gasteiger partial charge >= 0.3 is 0 Å². The van der Waals surface area contributed by atoms with E-state index in [0.29, 0.717) is 17.9 Å². The Morgan fingerprint density at radius 3 is 2.59 bits per heavy atom. The Bertz CT molecular complexity index is 589. The zero-order valence-corrected chi connectivity index (χ0v) is 13.5. The van der Waals surface area contributed by atoms with Gasteiger partial charge in [-0.25, -0.2) is 0 Å². The van der Waals surface area contributed by atoms with Gasteiger partial charge < -0.3 is 9.80 Å². The molecule has 22 heavy (non-hydrogen) atoms. The minimum atomic E-state index is 0.102. The fourth-order valence-electron chi connectivity index (χ4n) is 3.36. The zero-order chi connectivity index (χ0) is 15.7. The van der Waals surface area contributed by atoms with Crippen molar-refractivity contribution in [3.05, 3.63) is 29.3 Å². The van der Waals surface area contributed by atoms with Crippen LogP contribution >= 0.6 is 0 Å². The molecule has 0 aliphatic carbocycles. The number of nitrogens with zero attached hydrogens (tertiary/aromatic N) is 2. The third-order valence-electron chi connectivity index (χ3n) is 4.90. The van der Waals surface area contributed by atoms with Crippen molar-refractivity contribution in [2.75, 3.05) is 24.5 Å². The van der Waals surface area contributed by atoms with E-state index in [0.717, 1.165) is 44.6 Å². The molecule has 0 saturated carbocycles. The molecule has 4 heteroatoms. The standard InChI is InChI=1S/C18H24N2O2/c1-3-17(21)20-11-8-14-4-5-15(12-16(14)20)18(22)19-9-6-13(2)7-10-19/h4-5,12-13H,3,6-11H2,1-2H3. The summed E-state index contributed by atoms with van der Waals surface area (Å²) < 4.78 is 0. The zero-order valence-electron chi connectivity index (χ0n) is 13.5. The maximum Gasteiger partial charge on any atom is 0.253 e. The second-order valence-electron chi connectivity index (χ2n) is 6.47. The van der Waals surface area contributed by atoms with E-state index in [9.17, 15) is 9.59 Å². The molecule has 0 radical (unpaired) electrons. The molecule has 3 rings (SSSR count). The largest absolute Gasteiger partial charge is 0.339 e. The molecule has 2 heterocycles. The predicted octanol–water partition coefficient (Wildman–Crippen LogP) is 2.86. The van der Waals surface area contributed by atoms with Crippen LogP contribution in [-0.2, 0) is 11.2 Å². The van der Waals surface area contributed by atoms with Crippen molar-refractivity contribution in [2.45, 2.75) is 39.5 Å². The van der Waals surface area contributed by atoms with Gasteiger partial charge in [0.2, 0.25) is 5.91 Å². The Kier molecular flexibility index (Phi) is 4.19. The molecule has 1 fully saturated rings. The summed E-state index contributed by atoms with van der Waals surface area (Å²) >= 11 is 0. The summed E-state index contributed by atoms with van der Waals surface area (Å²) in [7, 11) is 0. The van der Waals surface area contributed by atoms with E-state index in [4.69, 9.17) is 0 Å². The van der Waals surface area contributed by atoms with Crippen LogP contribution in [0.15, 0.2) is 18.2 Å². The second-order valence-corrected chi connectivity index (χ2v) is 6.47. The molecular weight excluding hydrogens is 276 g/mol. The fourth-order valence-corrected chi connectivity index (χ4v) is 3.36. The average molecular weight is 300 g/mol. The number of fused-ring (bicyclic) bond motifs is 1. The number of likely N-dealkylation sites (tertiary alicyclic amines) is 1. The Labute approximate surface area is 132 Å². The number of rotatable bonds is 2. The first-order valence-corrected chi connectivity index (χ1v) is 8.32. The van der Waals surface area contributed by atoms with Crippen molar-refractivity contribution < 1.29 is 9.59 Å². The van der Waals surface area contributed by atoms with Crippen LogP contribution < -0.4 is 4.90 Å².